The van der Waals surface area contributed by atoms with E-state index in [2.05, 4.69) is 32.2 Å². The zero-order valence-corrected chi connectivity index (χ0v) is 13.4. The second-order valence-electron chi connectivity index (χ2n) is 4.86. The summed E-state index contributed by atoms with van der Waals surface area (Å²) in [6.45, 7) is 9.88. The van der Waals surface area contributed by atoms with Gasteiger partial charge in [-0.1, -0.05) is 0 Å². The van der Waals surface area contributed by atoms with Gasteiger partial charge in [-0.15, -0.1) is 11.3 Å². The van der Waals surface area contributed by atoms with Crippen molar-refractivity contribution in [2.45, 2.75) is 39.7 Å². The Labute approximate surface area is 121 Å². The second-order valence-corrected chi connectivity index (χ2v) is 6.32. The molecule has 1 rings (SSSR count). The summed E-state index contributed by atoms with van der Waals surface area (Å²) in [7, 11) is 1.70. The van der Waals surface area contributed by atoms with Crippen LogP contribution in [0.2, 0.25) is 0 Å². The summed E-state index contributed by atoms with van der Waals surface area (Å²) in [5.41, 5.74) is 1.44. The molecule has 1 aromatic rings. The lowest BCUT2D eigenvalue weighted by Gasteiger charge is -2.13. The molecule has 0 aliphatic rings. The molecule has 4 heteroatoms. The van der Waals surface area contributed by atoms with Gasteiger partial charge in [0.05, 0.1) is 13.2 Å². The summed E-state index contributed by atoms with van der Waals surface area (Å²) in [6, 6.07) is 2.74. The van der Waals surface area contributed by atoms with Crippen LogP contribution >= 0.6 is 11.3 Å². The van der Waals surface area contributed by atoms with Crippen molar-refractivity contribution in [3.8, 4) is 0 Å². The van der Waals surface area contributed by atoms with Gasteiger partial charge in [-0.2, -0.15) is 0 Å². The molecular weight excluding hydrogens is 258 g/mol. The Morgan fingerprint density at radius 1 is 1.21 bits per heavy atom. The van der Waals surface area contributed by atoms with Gasteiger partial charge in [-0.05, 0) is 51.8 Å². The van der Waals surface area contributed by atoms with Gasteiger partial charge in [-0.25, -0.2) is 0 Å². The van der Waals surface area contributed by atoms with Crippen LogP contribution < -0.4 is 5.32 Å². The summed E-state index contributed by atoms with van der Waals surface area (Å²) in [4.78, 5) is 2.83. The number of hydrogen-bond donors (Lipinski definition) is 1. The Hall–Kier alpha value is -0.420. The maximum absolute atomic E-state index is 5.44. The van der Waals surface area contributed by atoms with Crippen LogP contribution in [0.3, 0.4) is 0 Å². The topological polar surface area (TPSA) is 30.5 Å². The van der Waals surface area contributed by atoms with Crippen molar-refractivity contribution in [2.75, 3.05) is 33.5 Å². The lowest BCUT2D eigenvalue weighted by molar-refractivity contribution is 0.0687. The molecule has 1 unspecified atom stereocenters. The molecule has 0 aliphatic heterocycles. The summed E-state index contributed by atoms with van der Waals surface area (Å²) < 4.78 is 10.4. The third kappa shape index (κ3) is 6.52. The van der Waals surface area contributed by atoms with E-state index >= 15 is 0 Å². The highest BCUT2D eigenvalue weighted by Gasteiger charge is 2.09. The lowest BCUT2D eigenvalue weighted by Crippen LogP contribution is -2.20. The van der Waals surface area contributed by atoms with E-state index in [1.165, 1.54) is 15.3 Å². The van der Waals surface area contributed by atoms with Crippen molar-refractivity contribution in [1.29, 1.82) is 0 Å². The van der Waals surface area contributed by atoms with E-state index < -0.39 is 0 Å². The van der Waals surface area contributed by atoms with Gasteiger partial charge in [0, 0.05) is 29.5 Å². The van der Waals surface area contributed by atoms with Gasteiger partial charge in [-0.3, -0.25) is 0 Å². The molecule has 0 aliphatic carbocycles. The molecule has 0 amide bonds. The SMILES string of the molecule is COCCOCCCCNC(C)c1cc(C)sc1C. The predicted octanol–water partition coefficient (Wildman–Crippen LogP) is 3.46. The van der Waals surface area contributed by atoms with Gasteiger partial charge in [0.15, 0.2) is 0 Å². The summed E-state index contributed by atoms with van der Waals surface area (Å²) in [5.74, 6) is 0. The third-order valence-electron chi connectivity index (χ3n) is 3.14. The number of hydrogen-bond acceptors (Lipinski definition) is 4. The van der Waals surface area contributed by atoms with Crippen molar-refractivity contribution in [2.24, 2.45) is 0 Å². The molecule has 0 fully saturated rings. The number of ether oxygens (including phenoxy) is 2. The van der Waals surface area contributed by atoms with Crippen LogP contribution in [-0.2, 0) is 9.47 Å². The smallest absolute Gasteiger partial charge is 0.0700 e. The molecule has 19 heavy (non-hydrogen) atoms. The van der Waals surface area contributed by atoms with Crippen LogP contribution in [0.4, 0.5) is 0 Å². The van der Waals surface area contributed by atoms with E-state index in [1.807, 2.05) is 11.3 Å². The fraction of sp³-hybridized carbons (Fsp3) is 0.733. The molecule has 1 N–H and O–H groups in total. The number of aryl methyl sites for hydroxylation is 2. The standard InChI is InChI=1S/C15H27NO2S/c1-12-11-15(14(3)19-12)13(2)16-7-5-6-8-18-10-9-17-4/h11,13,16H,5-10H2,1-4H3. The monoisotopic (exact) mass is 285 g/mol. The van der Waals surface area contributed by atoms with Crippen molar-refractivity contribution < 1.29 is 9.47 Å². The Morgan fingerprint density at radius 3 is 2.63 bits per heavy atom. The Morgan fingerprint density at radius 2 is 2.00 bits per heavy atom. The minimum absolute atomic E-state index is 0.444. The van der Waals surface area contributed by atoms with Crippen LogP contribution in [0, 0.1) is 13.8 Å². The molecule has 3 nitrogen and oxygen atoms in total. The molecule has 1 atom stereocenters. The lowest BCUT2D eigenvalue weighted by atomic mass is 10.1. The summed E-state index contributed by atoms with van der Waals surface area (Å²) >= 11 is 1.88. The first kappa shape index (κ1) is 16.6. The zero-order valence-electron chi connectivity index (χ0n) is 12.6. The average Bonchev–Trinajstić information content (AvgIpc) is 2.71. The fourth-order valence-electron chi connectivity index (χ4n) is 2.08. The third-order valence-corrected chi connectivity index (χ3v) is 4.13. The van der Waals surface area contributed by atoms with Crippen LogP contribution in [-0.4, -0.2) is 33.5 Å². The fourth-order valence-corrected chi connectivity index (χ4v) is 3.10. The molecule has 110 valence electrons. The highest BCUT2D eigenvalue weighted by atomic mass is 32.1. The van der Waals surface area contributed by atoms with Gasteiger partial charge in [0.25, 0.3) is 0 Å². The van der Waals surface area contributed by atoms with Crippen molar-refractivity contribution in [1.82, 2.24) is 5.32 Å². The molecule has 0 saturated carbocycles. The predicted molar refractivity (Wildman–Crippen MR) is 82.1 cm³/mol. The Kier molecular flexibility index (Phi) is 8.30. The van der Waals surface area contributed by atoms with Gasteiger partial charge in [0.1, 0.15) is 0 Å². The maximum atomic E-state index is 5.44. The van der Waals surface area contributed by atoms with E-state index in [9.17, 15) is 0 Å². The van der Waals surface area contributed by atoms with Crippen LogP contribution in [0.1, 0.15) is 41.1 Å². The Bertz CT molecular complexity index is 352. The first-order chi connectivity index (χ1) is 9.15. The number of methoxy groups -OCH3 is 1. The molecular formula is C15H27NO2S. The molecule has 0 radical (unpaired) electrons. The van der Waals surface area contributed by atoms with E-state index in [1.54, 1.807) is 7.11 Å². The molecule has 0 spiro atoms. The molecule has 0 aromatic carbocycles. The molecule has 0 saturated heterocycles. The minimum atomic E-state index is 0.444. The van der Waals surface area contributed by atoms with Crippen molar-refractivity contribution in [3.63, 3.8) is 0 Å². The van der Waals surface area contributed by atoms with E-state index in [4.69, 9.17) is 9.47 Å². The Balaban J connectivity index is 2.08. The summed E-state index contributed by atoms with van der Waals surface area (Å²) in [6.07, 6.45) is 2.25. The number of nitrogens with one attached hydrogen (secondary N) is 1. The zero-order chi connectivity index (χ0) is 14.1. The number of unbranched alkanes of at least 4 members (excludes halogenated alkanes) is 1. The van der Waals surface area contributed by atoms with Crippen LogP contribution in [0.25, 0.3) is 0 Å². The van der Waals surface area contributed by atoms with Crippen LogP contribution in [0.15, 0.2) is 6.07 Å². The van der Waals surface area contributed by atoms with Crippen molar-refractivity contribution in [3.05, 3.63) is 21.4 Å². The van der Waals surface area contributed by atoms with Gasteiger partial charge >= 0.3 is 0 Å². The van der Waals surface area contributed by atoms with E-state index in [0.717, 1.165) is 26.0 Å². The van der Waals surface area contributed by atoms with E-state index in [0.29, 0.717) is 19.3 Å². The van der Waals surface area contributed by atoms with Gasteiger partial charge in [0.2, 0.25) is 0 Å². The first-order valence-corrected chi connectivity index (χ1v) is 7.83. The first-order valence-electron chi connectivity index (χ1n) is 7.02. The van der Waals surface area contributed by atoms with E-state index in [-0.39, 0.29) is 0 Å². The van der Waals surface area contributed by atoms with Crippen molar-refractivity contribution >= 4 is 11.3 Å². The highest BCUT2D eigenvalue weighted by molar-refractivity contribution is 7.12. The van der Waals surface area contributed by atoms with Crippen LogP contribution in [0.5, 0.6) is 0 Å². The largest absolute Gasteiger partial charge is 0.382 e. The normalized spacial score (nSPS) is 12.8. The highest BCUT2D eigenvalue weighted by Crippen LogP contribution is 2.25. The molecule has 1 aromatic heterocycles. The number of rotatable bonds is 10. The molecule has 1 heterocycles. The molecule has 0 bridgehead atoms. The second kappa shape index (κ2) is 9.48. The van der Waals surface area contributed by atoms with Gasteiger partial charge < -0.3 is 14.8 Å². The average molecular weight is 285 g/mol. The minimum Gasteiger partial charge on any atom is -0.382 e. The number of thiophene rings is 1. The maximum Gasteiger partial charge on any atom is 0.0700 e. The summed E-state index contributed by atoms with van der Waals surface area (Å²) in [5, 5.41) is 3.58. The quantitative estimate of drug-likeness (QED) is 0.668.